The van der Waals surface area contributed by atoms with Gasteiger partial charge in [-0.3, -0.25) is 18.3 Å². The first-order valence-electron chi connectivity index (χ1n) is 5.52. The van der Waals surface area contributed by atoms with Gasteiger partial charge in [0.25, 0.3) is 5.56 Å². The third-order valence-electron chi connectivity index (χ3n) is 1.90. The fraction of sp³-hybridized carbons (Fsp3) is 0.273. The van der Waals surface area contributed by atoms with Crippen LogP contribution in [0.4, 0.5) is 0 Å². The van der Waals surface area contributed by atoms with Crippen molar-refractivity contribution in [1.29, 1.82) is 0 Å². The highest BCUT2D eigenvalue weighted by atomic mass is 35.5. The monoisotopic (exact) mass is 365 g/mol. The topological polar surface area (TPSA) is 73.4 Å². The number of Topliss-reactive ketones (excluding diaryl/α,β-unsaturated/α-hetero) is 1. The number of halogens is 1. The molecule has 0 saturated heterocycles. The Morgan fingerprint density at radius 2 is 1.95 bits per heavy atom. The van der Waals surface area contributed by atoms with E-state index in [1.807, 2.05) is 7.05 Å². The molecule has 2 aromatic heterocycles. The van der Waals surface area contributed by atoms with Crippen LogP contribution in [0.15, 0.2) is 32.3 Å². The second kappa shape index (κ2) is 8.98. The van der Waals surface area contributed by atoms with Crippen LogP contribution in [0.1, 0.15) is 0 Å². The molecule has 3 rings (SSSR count). The normalized spacial score (nSPS) is 12.4. The van der Waals surface area contributed by atoms with Gasteiger partial charge in [0.2, 0.25) is 4.74 Å². The number of carbonyl (C=O) groups is 1. The molecule has 0 amide bonds. The number of aryl methyl sites for hydroxylation is 2. The first-order valence-corrected chi connectivity index (χ1v) is 8.39. The summed E-state index contributed by atoms with van der Waals surface area (Å²) < 4.78 is 7.50. The van der Waals surface area contributed by atoms with Crippen molar-refractivity contribution in [3.8, 4) is 0 Å². The first kappa shape index (κ1) is 17.9. The van der Waals surface area contributed by atoms with E-state index in [0.717, 1.165) is 0 Å². The average Bonchev–Trinajstić information content (AvgIpc) is 3.08. The lowest BCUT2D eigenvalue weighted by Gasteiger charge is -1.77. The molecule has 0 N–H and O–H groups in total. The van der Waals surface area contributed by atoms with Crippen molar-refractivity contribution in [3.63, 3.8) is 0 Å². The van der Waals surface area contributed by atoms with E-state index in [-0.39, 0.29) is 16.1 Å². The van der Waals surface area contributed by atoms with E-state index in [0.29, 0.717) is 10.1 Å². The third kappa shape index (κ3) is 7.42. The fourth-order valence-corrected chi connectivity index (χ4v) is 2.95. The van der Waals surface area contributed by atoms with Crippen LogP contribution in [0.25, 0.3) is 0 Å². The van der Waals surface area contributed by atoms with Crippen LogP contribution in [0.5, 0.6) is 0 Å². The van der Waals surface area contributed by atoms with Crippen LogP contribution in [-0.2, 0) is 18.9 Å². The van der Waals surface area contributed by atoms with Gasteiger partial charge in [0.05, 0.1) is 12.0 Å². The minimum atomic E-state index is -0.0417. The summed E-state index contributed by atoms with van der Waals surface area (Å²) in [4.78, 5) is 30.9. The molecule has 0 saturated carbocycles. The summed E-state index contributed by atoms with van der Waals surface area (Å²) in [6.45, 7) is 0. The summed E-state index contributed by atoms with van der Waals surface area (Å²) >= 11 is 9.21. The van der Waals surface area contributed by atoms with E-state index in [2.05, 4.69) is 4.40 Å². The lowest BCUT2D eigenvalue weighted by Crippen LogP contribution is -2.05. The Balaban J connectivity index is 0.000000159. The van der Waals surface area contributed by atoms with Crippen molar-refractivity contribution in [2.75, 3.05) is 5.75 Å². The van der Waals surface area contributed by atoms with Gasteiger partial charge >= 0.3 is 0 Å². The maximum absolute atomic E-state index is 10.5. The second-order valence-corrected chi connectivity index (χ2v) is 7.34. The summed E-state index contributed by atoms with van der Waals surface area (Å²) in [7, 11) is 3.52. The van der Waals surface area contributed by atoms with Crippen LogP contribution in [-0.4, -0.2) is 25.7 Å². The van der Waals surface area contributed by atoms with E-state index in [4.69, 9.17) is 11.6 Å². The molecule has 0 bridgehead atoms. The molecule has 21 heavy (non-hydrogen) atoms. The molecule has 0 aliphatic carbocycles. The van der Waals surface area contributed by atoms with Crippen molar-refractivity contribution < 1.29 is 4.79 Å². The zero-order chi connectivity index (χ0) is 15.8. The van der Waals surface area contributed by atoms with Crippen molar-refractivity contribution in [3.05, 3.63) is 42.6 Å². The molecule has 0 atom stereocenters. The summed E-state index contributed by atoms with van der Waals surface area (Å²) in [5.41, 5.74) is -0.0417. The molecule has 1 aliphatic heterocycles. The molecule has 0 spiro atoms. The van der Waals surface area contributed by atoms with Gasteiger partial charge in [-0.25, -0.2) is 4.40 Å². The Kier molecular flexibility index (Phi) is 7.65. The Labute approximate surface area is 138 Å². The number of carbonyl (C=O) groups excluding carboxylic acids is 1. The smallest absolute Gasteiger partial charge is 0.261 e. The first-order chi connectivity index (χ1) is 9.88. The van der Waals surface area contributed by atoms with Gasteiger partial charge in [-0.15, -0.1) is 0 Å². The Bertz CT molecular complexity index is 729. The molecule has 0 unspecified atom stereocenters. The van der Waals surface area contributed by atoms with Crippen molar-refractivity contribution in [2.45, 2.75) is 0 Å². The maximum atomic E-state index is 10.5. The van der Waals surface area contributed by atoms with Crippen LogP contribution in [0.3, 0.4) is 0 Å². The van der Waals surface area contributed by atoms with Crippen LogP contribution in [0.2, 0.25) is 4.34 Å². The quantitative estimate of drug-likeness (QED) is 0.668. The van der Waals surface area contributed by atoms with Crippen molar-refractivity contribution in [1.82, 2.24) is 7.91 Å². The zero-order valence-electron chi connectivity index (χ0n) is 11.2. The third-order valence-corrected chi connectivity index (χ3v) is 4.36. The second-order valence-electron chi connectivity index (χ2n) is 3.62. The SMILES string of the molecule is Cn1ccc(=O)s1.Cn1sc(Cl)cc1=O.O=C1C=NSC1. The van der Waals surface area contributed by atoms with E-state index < -0.39 is 0 Å². The van der Waals surface area contributed by atoms with Gasteiger partial charge in [0, 0.05) is 32.4 Å². The van der Waals surface area contributed by atoms with E-state index in [9.17, 15) is 14.4 Å². The fourth-order valence-electron chi connectivity index (χ4n) is 0.993. The minimum Gasteiger partial charge on any atom is -0.305 e. The van der Waals surface area contributed by atoms with Crippen LogP contribution < -0.4 is 10.3 Å². The minimum absolute atomic E-state index is 0.0417. The molecule has 3 heterocycles. The maximum Gasteiger partial charge on any atom is 0.261 e. The van der Waals surface area contributed by atoms with Crippen LogP contribution in [0, 0.1) is 0 Å². The number of hydrogen-bond acceptors (Lipinski definition) is 7. The van der Waals surface area contributed by atoms with E-state index in [1.54, 1.807) is 23.3 Å². The van der Waals surface area contributed by atoms with Crippen molar-refractivity contribution in [2.24, 2.45) is 18.5 Å². The highest BCUT2D eigenvalue weighted by molar-refractivity contribution is 7.99. The summed E-state index contributed by atoms with van der Waals surface area (Å²) in [5, 5.41) is 0. The van der Waals surface area contributed by atoms with E-state index in [1.165, 1.54) is 51.3 Å². The summed E-state index contributed by atoms with van der Waals surface area (Å²) in [6, 6.07) is 2.94. The predicted octanol–water partition coefficient (Wildman–Crippen LogP) is 1.84. The molecule has 2 aromatic rings. The zero-order valence-corrected chi connectivity index (χ0v) is 14.4. The molecule has 10 heteroatoms. The number of hydrogen-bond donors (Lipinski definition) is 0. The largest absolute Gasteiger partial charge is 0.305 e. The lowest BCUT2D eigenvalue weighted by atomic mass is 10.5. The number of ketones is 1. The van der Waals surface area contributed by atoms with Gasteiger partial charge in [-0.05, 0) is 35.0 Å². The Morgan fingerprint density at radius 1 is 1.24 bits per heavy atom. The molecule has 0 radical (unpaired) electrons. The predicted molar refractivity (Wildman–Crippen MR) is 90.1 cm³/mol. The molecule has 0 aromatic carbocycles. The number of rotatable bonds is 0. The number of nitrogens with zero attached hydrogens (tertiary/aromatic N) is 3. The molecular weight excluding hydrogens is 354 g/mol. The van der Waals surface area contributed by atoms with Crippen LogP contribution >= 0.6 is 46.6 Å². The highest BCUT2D eigenvalue weighted by Crippen LogP contribution is 2.09. The van der Waals surface area contributed by atoms with Gasteiger partial charge in [-0.2, -0.15) is 0 Å². The Morgan fingerprint density at radius 3 is 2.10 bits per heavy atom. The molecule has 0 fully saturated rings. The Hall–Kier alpha value is -1.16. The average molecular weight is 366 g/mol. The molecule has 6 nitrogen and oxygen atoms in total. The standard InChI is InChI=1S/C4H4ClNOS.C4H5NOS.C3H3NOS/c1-6-4(7)2-3(5)8-6;1-5-3-2-4(6)7-5;5-3-1-4-6-2-3/h2H,1H3;2-3H,1H3;1H,2H2. The molecule has 1 aliphatic rings. The highest BCUT2D eigenvalue weighted by Gasteiger charge is 2.01. The van der Waals surface area contributed by atoms with E-state index >= 15 is 0 Å². The van der Waals surface area contributed by atoms with Gasteiger partial charge in [0.15, 0.2) is 5.78 Å². The summed E-state index contributed by atoms with van der Waals surface area (Å²) in [6.07, 6.45) is 3.09. The van der Waals surface area contributed by atoms with Crippen molar-refractivity contribution >= 4 is 58.6 Å². The number of aromatic nitrogens is 2. The molecule has 114 valence electrons. The van der Waals surface area contributed by atoms with Gasteiger partial charge in [-0.1, -0.05) is 11.6 Å². The summed E-state index contributed by atoms with van der Waals surface area (Å²) in [5.74, 6) is 0.667. The molecular formula is C11H12ClN3O3S3. The van der Waals surface area contributed by atoms with Gasteiger partial charge < -0.3 is 3.96 Å². The van der Waals surface area contributed by atoms with Gasteiger partial charge in [0.1, 0.15) is 4.34 Å². The lowest BCUT2D eigenvalue weighted by molar-refractivity contribution is -0.110.